The number of fused-ring (bicyclic) bond motifs is 1. The number of hydrogen-bond acceptors (Lipinski definition) is 4. The molecular weight excluding hydrogens is 396 g/mol. The van der Waals surface area contributed by atoms with Crippen molar-refractivity contribution < 1.29 is 14.3 Å². The van der Waals surface area contributed by atoms with Crippen LogP contribution >= 0.6 is 23.4 Å². The fraction of sp³-hybridized carbons (Fsp3) is 0.333. The van der Waals surface area contributed by atoms with E-state index in [-0.39, 0.29) is 18.2 Å². The standard InChI is InChI=1S/C21H21ClN2O3S/c1-27-16-5-2-13(3-6-16)14-8-9-24(12-14)20(25)11-19-21(26)23-17-10-15(22)4-7-18(17)28-19/h2-7,10,14,19H,8-9,11-12H2,1H3,(H,23,26). The number of carbonyl (C=O) groups is 2. The van der Waals surface area contributed by atoms with Crippen LogP contribution in [-0.2, 0) is 9.59 Å². The van der Waals surface area contributed by atoms with Crippen molar-refractivity contribution in [2.24, 2.45) is 0 Å². The van der Waals surface area contributed by atoms with Crippen LogP contribution in [0.5, 0.6) is 5.75 Å². The smallest absolute Gasteiger partial charge is 0.238 e. The molecule has 2 aromatic carbocycles. The summed E-state index contributed by atoms with van der Waals surface area (Å²) >= 11 is 7.41. The molecule has 2 aliphatic heterocycles. The van der Waals surface area contributed by atoms with Gasteiger partial charge in [-0.2, -0.15) is 0 Å². The average molecular weight is 417 g/mol. The topological polar surface area (TPSA) is 58.6 Å². The van der Waals surface area contributed by atoms with Gasteiger partial charge in [0.05, 0.1) is 18.0 Å². The average Bonchev–Trinajstić information content (AvgIpc) is 3.19. The molecular formula is C21H21ClN2O3S. The fourth-order valence-corrected chi connectivity index (χ4v) is 4.93. The van der Waals surface area contributed by atoms with Crippen molar-refractivity contribution in [1.29, 1.82) is 0 Å². The molecule has 4 rings (SSSR count). The van der Waals surface area contributed by atoms with Gasteiger partial charge in [0.25, 0.3) is 0 Å². The zero-order chi connectivity index (χ0) is 19.7. The lowest BCUT2D eigenvalue weighted by Gasteiger charge is -2.25. The van der Waals surface area contributed by atoms with Crippen LogP contribution in [0.25, 0.3) is 0 Å². The Morgan fingerprint density at radius 2 is 2.07 bits per heavy atom. The minimum Gasteiger partial charge on any atom is -0.497 e. The number of halogens is 1. The molecule has 5 nitrogen and oxygen atoms in total. The molecule has 0 radical (unpaired) electrons. The third kappa shape index (κ3) is 3.98. The van der Waals surface area contributed by atoms with Crippen molar-refractivity contribution in [3.05, 3.63) is 53.1 Å². The number of anilines is 1. The maximum absolute atomic E-state index is 12.8. The van der Waals surface area contributed by atoms with Gasteiger partial charge in [0.1, 0.15) is 5.75 Å². The molecule has 2 aromatic rings. The quantitative estimate of drug-likeness (QED) is 0.812. The number of methoxy groups -OCH3 is 1. The number of amides is 2. The Bertz CT molecular complexity index is 903. The number of ether oxygens (including phenoxy) is 1. The van der Waals surface area contributed by atoms with E-state index in [1.165, 1.54) is 17.3 Å². The molecule has 2 aliphatic rings. The normalized spacial score (nSPS) is 21.2. The maximum Gasteiger partial charge on any atom is 0.238 e. The second kappa shape index (κ2) is 8.05. The van der Waals surface area contributed by atoms with Gasteiger partial charge in [0.2, 0.25) is 11.8 Å². The molecule has 1 fully saturated rings. The molecule has 1 N–H and O–H groups in total. The van der Waals surface area contributed by atoms with Gasteiger partial charge in [-0.3, -0.25) is 9.59 Å². The molecule has 0 aromatic heterocycles. The largest absolute Gasteiger partial charge is 0.497 e. The minimum absolute atomic E-state index is 0.0288. The Kier molecular flexibility index (Phi) is 5.51. The van der Waals surface area contributed by atoms with E-state index >= 15 is 0 Å². The summed E-state index contributed by atoms with van der Waals surface area (Å²) in [7, 11) is 1.65. The zero-order valence-corrected chi connectivity index (χ0v) is 17.1. The number of thioether (sulfide) groups is 1. The molecule has 0 spiro atoms. The monoisotopic (exact) mass is 416 g/mol. The number of rotatable bonds is 4. The molecule has 146 valence electrons. The Balaban J connectivity index is 1.37. The second-order valence-electron chi connectivity index (χ2n) is 7.04. The summed E-state index contributed by atoms with van der Waals surface area (Å²) in [6.45, 7) is 1.41. The molecule has 0 bridgehead atoms. The third-order valence-electron chi connectivity index (χ3n) is 5.25. The Hall–Kier alpha value is -2.18. The van der Waals surface area contributed by atoms with Crippen molar-refractivity contribution in [2.45, 2.75) is 28.9 Å². The van der Waals surface area contributed by atoms with Gasteiger partial charge in [-0.15, -0.1) is 11.8 Å². The highest BCUT2D eigenvalue weighted by molar-refractivity contribution is 8.01. The zero-order valence-electron chi connectivity index (χ0n) is 15.5. The van der Waals surface area contributed by atoms with Crippen molar-refractivity contribution >= 4 is 40.9 Å². The summed E-state index contributed by atoms with van der Waals surface area (Å²) in [5.74, 6) is 1.04. The molecule has 7 heteroatoms. The molecule has 1 saturated heterocycles. The summed E-state index contributed by atoms with van der Waals surface area (Å²) in [6.07, 6.45) is 1.14. The van der Waals surface area contributed by atoms with Gasteiger partial charge in [-0.1, -0.05) is 23.7 Å². The van der Waals surface area contributed by atoms with E-state index in [4.69, 9.17) is 16.3 Å². The minimum atomic E-state index is -0.416. The number of benzene rings is 2. The van der Waals surface area contributed by atoms with Crippen LogP contribution < -0.4 is 10.1 Å². The van der Waals surface area contributed by atoms with Crippen molar-refractivity contribution in [3.8, 4) is 5.75 Å². The first kappa shape index (κ1) is 19.2. The Labute approximate surface area is 173 Å². The number of carbonyl (C=O) groups excluding carboxylic acids is 2. The molecule has 2 heterocycles. The van der Waals surface area contributed by atoms with Crippen molar-refractivity contribution in [3.63, 3.8) is 0 Å². The summed E-state index contributed by atoms with van der Waals surface area (Å²) < 4.78 is 5.21. The molecule has 28 heavy (non-hydrogen) atoms. The van der Waals surface area contributed by atoms with Gasteiger partial charge >= 0.3 is 0 Å². The van der Waals surface area contributed by atoms with Gasteiger partial charge in [-0.25, -0.2) is 0 Å². The highest BCUT2D eigenvalue weighted by atomic mass is 35.5. The first-order chi connectivity index (χ1) is 13.5. The van der Waals surface area contributed by atoms with E-state index in [1.807, 2.05) is 23.1 Å². The molecule has 2 atom stereocenters. The Morgan fingerprint density at radius 3 is 2.82 bits per heavy atom. The highest BCUT2D eigenvalue weighted by Gasteiger charge is 2.33. The van der Waals surface area contributed by atoms with E-state index < -0.39 is 5.25 Å². The Morgan fingerprint density at radius 1 is 1.29 bits per heavy atom. The molecule has 2 amide bonds. The molecule has 0 saturated carbocycles. The summed E-state index contributed by atoms with van der Waals surface area (Å²) in [5, 5.41) is 3.03. The van der Waals surface area contributed by atoms with Crippen LogP contribution in [-0.4, -0.2) is 42.2 Å². The first-order valence-electron chi connectivity index (χ1n) is 9.22. The predicted octanol–water partition coefficient (Wildman–Crippen LogP) is 4.17. The highest BCUT2D eigenvalue weighted by Crippen LogP contribution is 2.39. The van der Waals surface area contributed by atoms with Crippen molar-refractivity contribution in [1.82, 2.24) is 4.90 Å². The molecule has 2 unspecified atom stereocenters. The van der Waals surface area contributed by atoms with Crippen LogP contribution in [0.3, 0.4) is 0 Å². The van der Waals surface area contributed by atoms with Gasteiger partial charge in [0, 0.05) is 35.3 Å². The first-order valence-corrected chi connectivity index (χ1v) is 10.5. The van der Waals surface area contributed by atoms with E-state index in [0.29, 0.717) is 23.2 Å². The lowest BCUT2D eigenvalue weighted by molar-refractivity contribution is -0.131. The summed E-state index contributed by atoms with van der Waals surface area (Å²) in [5.41, 5.74) is 1.93. The van der Waals surface area contributed by atoms with E-state index in [1.54, 1.807) is 19.2 Å². The van der Waals surface area contributed by atoms with E-state index in [9.17, 15) is 9.59 Å². The van der Waals surface area contributed by atoms with Crippen LogP contribution in [0.2, 0.25) is 5.02 Å². The van der Waals surface area contributed by atoms with Crippen LogP contribution in [0, 0.1) is 0 Å². The van der Waals surface area contributed by atoms with Gasteiger partial charge < -0.3 is 15.0 Å². The second-order valence-corrected chi connectivity index (χ2v) is 8.72. The van der Waals surface area contributed by atoms with E-state index in [0.717, 1.165) is 23.6 Å². The van der Waals surface area contributed by atoms with Crippen molar-refractivity contribution in [2.75, 3.05) is 25.5 Å². The SMILES string of the molecule is COc1ccc(C2CCN(C(=O)CC3Sc4ccc(Cl)cc4NC3=O)C2)cc1. The number of likely N-dealkylation sites (tertiary alicyclic amines) is 1. The van der Waals surface area contributed by atoms with Gasteiger partial charge in [0.15, 0.2) is 0 Å². The van der Waals surface area contributed by atoms with Crippen LogP contribution in [0.15, 0.2) is 47.4 Å². The van der Waals surface area contributed by atoms with Crippen LogP contribution in [0.1, 0.15) is 24.3 Å². The van der Waals surface area contributed by atoms with E-state index in [2.05, 4.69) is 17.4 Å². The maximum atomic E-state index is 12.8. The number of nitrogens with zero attached hydrogens (tertiary/aromatic N) is 1. The lowest BCUT2D eigenvalue weighted by Crippen LogP contribution is -2.36. The summed E-state index contributed by atoms with van der Waals surface area (Å²) in [4.78, 5) is 28.0. The van der Waals surface area contributed by atoms with Crippen LogP contribution in [0.4, 0.5) is 5.69 Å². The lowest BCUT2D eigenvalue weighted by atomic mass is 9.98. The summed E-state index contributed by atoms with van der Waals surface area (Å²) in [6, 6.07) is 13.4. The third-order valence-corrected chi connectivity index (χ3v) is 6.76. The molecule has 0 aliphatic carbocycles. The number of hydrogen-bond donors (Lipinski definition) is 1. The number of nitrogens with one attached hydrogen (secondary N) is 1. The van der Waals surface area contributed by atoms with Gasteiger partial charge in [-0.05, 0) is 42.3 Å². The predicted molar refractivity (Wildman–Crippen MR) is 111 cm³/mol. The fourth-order valence-electron chi connectivity index (χ4n) is 3.68.